The lowest BCUT2D eigenvalue weighted by Crippen LogP contribution is -1.69. The second kappa shape index (κ2) is 12.7. The lowest BCUT2D eigenvalue weighted by molar-refractivity contribution is 0.729. The molecule has 0 aromatic heterocycles. The summed E-state index contributed by atoms with van der Waals surface area (Å²) < 4.78 is 0. The highest BCUT2D eigenvalue weighted by atomic mass is 14.2. The van der Waals surface area contributed by atoms with Crippen molar-refractivity contribution in [2.24, 2.45) is 0 Å². The van der Waals surface area contributed by atoms with Crippen molar-refractivity contribution >= 4 is 0 Å². The quantitative estimate of drug-likeness (QED) is 0.323. The van der Waals surface area contributed by atoms with E-state index < -0.39 is 0 Å². The van der Waals surface area contributed by atoms with Crippen molar-refractivity contribution < 1.29 is 0 Å². The van der Waals surface area contributed by atoms with E-state index in [2.05, 4.69) is 37.3 Å². The van der Waals surface area contributed by atoms with Crippen LogP contribution in [0.15, 0.2) is 36.5 Å². The van der Waals surface area contributed by atoms with Crippen LogP contribution in [0.5, 0.6) is 0 Å². The fourth-order valence-corrected chi connectivity index (χ4v) is 1.15. The van der Waals surface area contributed by atoms with Crippen molar-refractivity contribution in [1.82, 2.24) is 0 Å². The molecule has 1 nitrogen and oxygen atoms in total. The summed E-state index contributed by atoms with van der Waals surface area (Å²) in [6, 6.07) is 2.07. The van der Waals surface area contributed by atoms with Gasteiger partial charge in [0.05, 0.1) is 12.5 Å². The van der Waals surface area contributed by atoms with Gasteiger partial charge in [0, 0.05) is 0 Å². The molecule has 1 heteroatoms. The van der Waals surface area contributed by atoms with Crippen LogP contribution in [0.3, 0.4) is 0 Å². The van der Waals surface area contributed by atoms with Crippen LogP contribution in [0, 0.1) is 11.3 Å². The first kappa shape index (κ1) is 13.7. The molecular formula is C14H21N. The Morgan fingerprint density at radius 1 is 1.00 bits per heavy atom. The molecule has 0 aliphatic rings. The van der Waals surface area contributed by atoms with Crippen molar-refractivity contribution in [1.29, 1.82) is 5.26 Å². The molecule has 0 amide bonds. The van der Waals surface area contributed by atoms with E-state index in [-0.39, 0.29) is 0 Å². The molecule has 0 bridgehead atoms. The van der Waals surface area contributed by atoms with Gasteiger partial charge in [0.25, 0.3) is 0 Å². The monoisotopic (exact) mass is 203 g/mol. The van der Waals surface area contributed by atoms with Gasteiger partial charge >= 0.3 is 0 Å². The van der Waals surface area contributed by atoms with Crippen LogP contribution in [-0.4, -0.2) is 0 Å². The highest BCUT2D eigenvalue weighted by Crippen LogP contribution is 1.99. The van der Waals surface area contributed by atoms with Gasteiger partial charge in [-0.3, -0.25) is 0 Å². The van der Waals surface area contributed by atoms with E-state index in [1.54, 1.807) is 0 Å². The average molecular weight is 203 g/mol. The Labute approximate surface area is 93.8 Å². The van der Waals surface area contributed by atoms with Gasteiger partial charge in [-0.05, 0) is 19.3 Å². The molecule has 0 saturated heterocycles. The van der Waals surface area contributed by atoms with Gasteiger partial charge < -0.3 is 0 Å². The maximum Gasteiger partial charge on any atom is 0.0663 e. The number of allylic oxidation sites excluding steroid dienone is 6. The maximum absolute atomic E-state index is 8.28. The van der Waals surface area contributed by atoms with Crippen molar-refractivity contribution in [2.75, 3.05) is 0 Å². The number of hydrogen-bond acceptors (Lipinski definition) is 1. The summed E-state index contributed by atoms with van der Waals surface area (Å²) in [7, 11) is 0. The topological polar surface area (TPSA) is 23.8 Å². The second-order valence-corrected chi connectivity index (χ2v) is 3.42. The summed E-state index contributed by atoms with van der Waals surface area (Å²) in [6.07, 6.45) is 18.9. The van der Waals surface area contributed by atoms with Gasteiger partial charge in [0.15, 0.2) is 0 Å². The van der Waals surface area contributed by atoms with E-state index in [0.717, 1.165) is 6.42 Å². The summed E-state index contributed by atoms with van der Waals surface area (Å²) in [5.41, 5.74) is 0. The number of nitriles is 1. The van der Waals surface area contributed by atoms with E-state index in [0.29, 0.717) is 6.42 Å². The maximum atomic E-state index is 8.28. The molecule has 0 saturated carbocycles. The van der Waals surface area contributed by atoms with E-state index >= 15 is 0 Å². The largest absolute Gasteiger partial charge is 0.198 e. The Morgan fingerprint density at radius 2 is 1.80 bits per heavy atom. The zero-order valence-electron chi connectivity index (χ0n) is 9.65. The highest BCUT2D eigenvalue weighted by Gasteiger charge is 1.79. The van der Waals surface area contributed by atoms with Crippen LogP contribution >= 0.6 is 0 Å². The first-order valence-electron chi connectivity index (χ1n) is 5.75. The zero-order chi connectivity index (χ0) is 11.2. The van der Waals surface area contributed by atoms with Gasteiger partial charge in [-0.1, -0.05) is 56.2 Å². The van der Waals surface area contributed by atoms with Gasteiger partial charge in [-0.2, -0.15) is 5.26 Å². The minimum absolute atomic E-state index is 0.515. The molecule has 0 rings (SSSR count). The minimum atomic E-state index is 0.515. The number of unbranched alkanes of at least 4 members (excludes halogenated alkanes) is 3. The van der Waals surface area contributed by atoms with E-state index in [1.807, 2.05) is 12.2 Å². The lowest BCUT2D eigenvalue weighted by atomic mass is 10.2. The summed E-state index contributed by atoms with van der Waals surface area (Å²) in [4.78, 5) is 0. The zero-order valence-corrected chi connectivity index (χ0v) is 9.65. The van der Waals surface area contributed by atoms with Crippen molar-refractivity contribution in [3.05, 3.63) is 36.5 Å². The third kappa shape index (κ3) is 12.7. The molecule has 0 atom stereocenters. The molecule has 0 spiro atoms. The predicted molar refractivity (Wildman–Crippen MR) is 66.4 cm³/mol. The predicted octanol–water partition coefficient (Wildman–Crippen LogP) is 4.54. The molecular weight excluding hydrogens is 182 g/mol. The summed E-state index contributed by atoms with van der Waals surface area (Å²) in [5, 5.41) is 8.28. The van der Waals surface area contributed by atoms with Gasteiger partial charge in [0.1, 0.15) is 0 Å². The van der Waals surface area contributed by atoms with Gasteiger partial charge in [-0.25, -0.2) is 0 Å². The Balaban J connectivity index is 3.34. The smallest absolute Gasteiger partial charge is 0.0663 e. The fourth-order valence-electron chi connectivity index (χ4n) is 1.15. The van der Waals surface area contributed by atoms with Crippen LogP contribution in [0.25, 0.3) is 0 Å². The Bertz CT molecular complexity index is 241. The van der Waals surface area contributed by atoms with Crippen molar-refractivity contribution in [3.8, 4) is 6.07 Å². The average Bonchev–Trinajstić information content (AvgIpc) is 2.26. The van der Waals surface area contributed by atoms with Gasteiger partial charge in [0.2, 0.25) is 0 Å². The second-order valence-electron chi connectivity index (χ2n) is 3.42. The third-order valence-corrected chi connectivity index (χ3v) is 2.01. The normalized spacial score (nSPS) is 11.7. The number of hydrogen-bond donors (Lipinski definition) is 0. The van der Waals surface area contributed by atoms with Crippen LogP contribution in [-0.2, 0) is 0 Å². The molecule has 82 valence electrons. The van der Waals surface area contributed by atoms with E-state index in [1.165, 1.54) is 25.7 Å². The third-order valence-electron chi connectivity index (χ3n) is 2.01. The van der Waals surface area contributed by atoms with Crippen molar-refractivity contribution in [3.63, 3.8) is 0 Å². The van der Waals surface area contributed by atoms with E-state index in [9.17, 15) is 0 Å². The molecule has 0 heterocycles. The molecule has 0 N–H and O–H groups in total. The lowest BCUT2D eigenvalue weighted by Gasteiger charge is -1.89. The SMILES string of the molecule is CCCCC/C=C/C=C/C/C=C/CC#N. The molecule has 0 radical (unpaired) electrons. The minimum Gasteiger partial charge on any atom is -0.198 e. The van der Waals surface area contributed by atoms with Crippen LogP contribution in [0.2, 0.25) is 0 Å². The highest BCUT2D eigenvalue weighted by molar-refractivity contribution is 5.05. The summed E-state index contributed by atoms with van der Waals surface area (Å²) in [6.45, 7) is 2.22. The first-order chi connectivity index (χ1) is 7.41. The van der Waals surface area contributed by atoms with Crippen LogP contribution < -0.4 is 0 Å². The molecule has 0 unspecified atom stereocenters. The van der Waals surface area contributed by atoms with Gasteiger partial charge in [-0.15, -0.1) is 0 Å². The molecule has 0 aromatic carbocycles. The first-order valence-corrected chi connectivity index (χ1v) is 5.75. The summed E-state index contributed by atoms with van der Waals surface area (Å²) >= 11 is 0. The fraction of sp³-hybridized carbons (Fsp3) is 0.500. The van der Waals surface area contributed by atoms with Crippen molar-refractivity contribution in [2.45, 2.75) is 45.4 Å². The standard InChI is InChI=1S/C14H21N/c1-2-3-4-5-6-7-8-9-10-11-12-13-14-15/h6-9,11-12H,2-5,10,13H2,1H3/b7-6+,9-8+,12-11+. The molecule has 0 aromatic rings. The Kier molecular flexibility index (Phi) is 11.6. The Morgan fingerprint density at radius 3 is 2.53 bits per heavy atom. The molecule has 0 aliphatic heterocycles. The molecule has 0 aliphatic carbocycles. The van der Waals surface area contributed by atoms with Crippen LogP contribution in [0.1, 0.15) is 45.4 Å². The molecule has 15 heavy (non-hydrogen) atoms. The summed E-state index contributed by atoms with van der Waals surface area (Å²) in [5.74, 6) is 0. The Hall–Kier alpha value is -1.29. The number of rotatable bonds is 8. The number of nitrogens with zero attached hydrogens (tertiary/aromatic N) is 1. The van der Waals surface area contributed by atoms with E-state index in [4.69, 9.17) is 5.26 Å². The molecule has 0 fully saturated rings. The van der Waals surface area contributed by atoms with Crippen LogP contribution in [0.4, 0.5) is 0 Å².